The molecule has 0 aliphatic carbocycles. The predicted octanol–water partition coefficient (Wildman–Crippen LogP) is 6.95. The summed E-state index contributed by atoms with van der Waals surface area (Å²) in [5.41, 5.74) is 0.982. The molecule has 0 amide bonds. The molecule has 27 heavy (non-hydrogen) atoms. The summed E-state index contributed by atoms with van der Waals surface area (Å²) in [6.07, 6.45) is 21.8. The number of allylic oxidation sites excluding steroid dienone is 2. The topological polar surface area (TPSA) is 40.5 Å². The van der Waals surface area contributed by atoms with Gasteiger partial charge in [0.05, 0.1) is 0 Å². The fourth-order valence-corrected chi connectivity index (χ4v) is 3.49. The van der Waals surface area contributed by atoms with Gasteiger partial charge in [-0.05, 0) is 37.7 Å². The van der Waals surface area contributed by atoms with Crippen molar-refractivity contribution in [1.29, 1.82) is 0 Å². The molecule has 0 aromatic heterocycles. The van der Waals surface area contributed by atoms with Crippen molar-refractivity contribution in [3.8, 4) is 0 Å². The highest BCUT2D eigenvalue weighted by Crippen LogP contribution is 2.19. The molecule has 0 fully saturated rings. The molecule has 0 radical (unpaired) electrons. The van der Waals surface area contributed by atoms with Crippen LogP contribution in [0, 0.1) is 0 Å². The monoisotopic (exact) mass is 374 g/mol. The minimum atomic E-state index is -1.57. The van der Waals surface area contributed by atoms with Gasteiger partial charge < -0.3 is 10.2 Å². The van der Waals surface area contributed by atoms with Crippen LogP contribution in [0.3, 0.4) is 0 Å². The second kappa shape index (κ2) is 15.9. The molecule has 0 aliphatic heterocycles. The first kappa shape index (κ1) is 23.9. The van der Waals surface area contributed by atoms with Crippen LogP contribution in [-0.2, 0) is 6.42 Å². The Morgan fingerprint density at radius 2 is 1.22 bits per heavy atom. The summed E-state index contributed by atoms with van der Waals surface area (Å²) in [5.74, 6) is -1.57. The molecule has 0 aliphatic rings. The lowest BCUT2D eigenvalue weighted by Gasteiger charge is -2.21. The van der Waals surface area contributed by atoms with Crippen LogP contribution in [0.1, 0.15) is 102 Å². The third-order valence-corrected chi connectivity index (χ3v) is 5.17. The molecular formula is C25H42O2. The van der Waals surface area contributed by atoms with Gasteiger partial charge in [-0.3, -0.25) is 0 Å². The van der Waals surface area contributed by atoms with Gasteiger partial charge in [-0.15, -0.1) is 0 Å². The third kappa shape index (κ3) is 14.6. The molecular weight excluding hydrogens is 332 g/mol. The van der Waals surface area contributed by atoms with E-state index in [1.54, 1.807) is 0 Å². The average molecular weight is 375 g/mol. The summed E-state index contributed by atoms with van der Waals surface area (Å²) < 4.78 is 0. The molecule has 0 heterocycles. The maximum absolute atomic E-state index is 10.1. The van der Waals surface area contributed by atoms with Gasteiger partial charge in [0.2, 0.25) is 0 Å². The Kier molecular flexibility index (Phi) is 14.1. The molecule has 0 unspecified atom stereocenters. The third-order valence-electron chi connectivity index (χ3n) is 5.17. The summed E-state index contributed by atoms with van der Waals surface area (Å²) in [6, 6.07) is 9.72. The van der Waals surface area contributed by atoms with Gasteiger partial charge in [0.25, 0.3) is 0 Å². The fourth-order valence-electron chi connectivity index (χ4n) is 3.49. The molecule has 2 nitrogen and oxygen atoms in total. The molecule has 2 heteroatoms. The van der Waals surface area contributed by atoms with Gasteiger partial charge >= 0.3 is 0 Å². The molecule has 154 valence electrons. The van der Waals surface area contributed by atoms with E-state index in [0.717, 1.165) is 18.4 Å². The van der Waals surface area contributed by atoms with E-state index in [0.29, 0.717) is 12.8 Å². The van der Waals surface area contributed by atoms with Crippen LogP contribution in [0.5, 0.6) is 0 Å². The number of benzene rings is 1. The summed E-state index contributed by atoms with van der Waals surface area (Å²) in [5, 5.41) is 20.2. The normalized spacial score (nSPS) is 12.1. The second-order valence-corrected chi connectivity index (χ2v) is 7.98. The Morgan fingerprint density at radius 3 is 1.81 bits per heavy atom. The molecule has 1 aromatic rings. The minimum absolute atomic E-state index is 0.317. The summed E-state index contributed by atoms with van der Waals surface area (Å²) in [4.78, 5) is 0. The summed E-state index contributed by atoms with van der Waals surface area (Å²) in [7, 11) is 0. The van der Waals surface area contributed by atoms with E-state index in [9.17, 15) is 10.2 Å². The molecule has 0 spiro atoms. The highest BCUT2D eigenvalue weighted by atomic mass is 16.5. The van der Waals surface area contributed by atoms with Crippen molar-refractivity contribution >= 4 is 0 Å². The number of aliphatic hydroxyl groups is 2. The van der Waals surface area contributed by atoms with Crippen LogP contribution >= 0.6 is 0 Å². The van der Waals surface area contributed by atoms with Crippen LogP contribution < -0.4 is 0 Å². The second-order valence-electron chi connectivity index (χ2n) is 7.98. The van der Waals surface area contributed by atoms with Crippen molar-refractivity contribution in [2.45, 2.75) is 109 Å². The Labute approximate surface area is 167 Å². The first-order valence-electron chi connectivity index (χ1n) is 11.3. The SMILES string of the molecule is CCCCCCCC/C=C\CCCCCCCC(O)(O)Cc1ccccc1. The lowest BCUT2D eigenvalue weighted by Crippen LogP contribution is -2.30. The first-order valence-corrected chi connectivity index (χ1v) is 11.3. The van der Waals surface area contributed by atoms with Gasteiger partial charge in [-0.2, -0.15) is 0 Å². The Bertz CT molecular complexity index is 464. The highest BCUT2D eigenvalue weighted by molar-refractivity contribution is 5.16. The largest absolute Gasteiger partial charge is 0.365 e. The standard InChI is InChI=1S/C25H42O2/c1-2-3-4-5-6-7-8-9-10-11-12-13-14-15-19-22-25(26,27)23-24-20-17-16-18-21-24/h9-10,16-18,20-21,26-27H,2-8,11-15,19,22-23H2,1H3/b10-9-. The first-order chi connectivity index (χ1) is 13.1. The van der Waals surface area contributed by atoms with Crippen molar-refractivity contribution in [1.82, 2.24) is 0 Å². The van der Waals surface area contributed by atoms with E-state index in [1.807, 2.05) is 30.3 Å². The van der Waals surface area contributed by atoms with Crippen LogP contribution in [0.25, 0.3) is 0 Å². The van der Waals surface area contributed by atoms with E-state index in [-0.39, 0.29) is 0 Å². The summed E-state index contributed by atoms with van der Waals surface area (Å²) in [6.45, 7) is 2.27. The van der Waals surface area contributed by atoms with Crippen LogP contribution in [0.15, 0.2) is 42.5 Å². The Balaban J connectivity index is 1.90. The number of hydrogen-bond acceptors (Lipinski definition) is 2. The van der Waals surface area contributed by atoms with E-state index in [1.165, 1.54) is 70.6 Å². The van der Waals surface area contributed by atoms with Gasteiger partial charge in [0.15, 0.2) is 5.79 Å². The molecule has 1 rings (SSSR count). The zero-order chi connectivity index (χ0) is 19.6. The number of rotatable bonds is 17. The van der Waals surface area contributed by atoms with Crippen LogP contribution in [-0.4, -0.2) is 16.0 Å². The van der Waals surface area contributed by atoms with Gasteiger partial charge in [-0.25, -0.2) is 0 Å². The number of hydrogen-bond donors (Lipinski definition) is 2. The fraction of sp³-hybridized carbons (Fsp3) is 0.680. The average Bonchev–Trinajstić information content (AvgIpc) is 2.65. The van der Waals surface area contributed by atoms with Gasteiger partial charge in [0, 0.05) is 12.8 Å². The summed E-state index contributed by atoms with van der Waals surface area (Å²) >= 11 is 0. The zero-order valence-corrected chi connectivity index (χ0v) is 17.5. The molecule has 0 bridgehead atoms. The van der Waals surface area contributed by atoms with Gasteiger partial charge in [0.1, 0.15) is 0 Å². The van der Waals surface area contributed by atoms with E-state index in [2.05, 4.69) is 19.1 Å². The van der Waals surface area contributed by atoms with Crippen molar-refractivity contribution in [2.75, 3.05) is 0 Å². The van der Waals surface area contributed by atoms with E-state index >= 15 is 0 Å². The smallest absolute Gasteiger partial charge is 0.166 e. The molecule has 1 aromatic carbocycles. The van der Waals surface area contributed by atoms with E-state index < -0.39 is 5.79 Å². The maximum Gasteiger partial charge on any atom is 0.166 e. The Hall–Kier alpha value is -1.12. The Morgan fingerprint density at radius 1 is 0.704 bits per heavy atom. The van der Waals surface area contributed by atoms with Crippen LogP contribution in [0.4, 0.5) is 0 Å². The lowest BCUT2D eigenvalue weighted by atomic mass is 9.99. The molecule has 2 N–H and O–H groups in total. The van der Waals surface area contributed by atoms with E-state index in [4.69, 9.17) is 0 Å². The minimum Gasteiger partial charge on any atom is -0.365 e. The molecule has 0 saturated carbocycles. The number of unbranched alkanes of at least 4 members (excludes halogenated alkanes) is 11. The quantitative estimate of drug-likeness (QED) is 0.176. The molecule has 0 saturated heterocycles. The van der Waals surface area contributed by atoms with Crippen molar-refractivity contribution in [3.63, 3.8) is 0 Å². The maximum atomic E-state index is 10.1. The lowest BCUT2D eigenvalue weighted by molar-refractivity contribution is -0.165. The highest BCUT2D eigenvalue weighted by Gasteiger charge is 2.22. The predicted molar refractivity (Wildman–Crippen MR) is 117 cm³/mol. The van der Waals surface area contributed by atoms with Crippen molar-refractivity contribution < 1.29 is 10.2 Å². The zero-order valence-electron chi connectivity index (χ0n) is 17.5. The van der Waals surface area contributed by atoms with Crippen molar-refractivity contribution in [2.24, 2.45) is 0 Å². The van der Waals surface area contributed by atoms with Gasteiger partial charge in [-0.1, -0.05) is 101 Å². The van der Waals surface area contributed by atoms with Crippen molar-refractivity contribution in [3.05, 3.63) is 48.0 Å². The molecule has 0 atom stereocenters. The van der Waals surface area contributed by atoms with Crippen LogP contribution in [0.2, 0.25) is 0 Å².